The maximum absolute atomic E-state index is 10.7. The Morgan fingerprint density at radius 2 is 1.92 bits per heavy atom. The third-order valence-electron chi connectivity index (χ3n) is 0.679. The van der Waals surface area contributed by atoms with Crippen molar-refractivity contribution in [2.75, 3.05) is 6.61 Å². The Labute approximate surface area is 69.7 Å². The monoisotopic (exact) mass is 219 g/mol. The lowest BCUT2D eigenvalue weighted by Gasteiger charge is -2.11. The van der Waals surface area contributed by atoms with E-state index in [2.05, 4.69) is 14.3 Å². The highest BCUT2D eigenvalue weighted by Crippen LogP contribution is 2.55. The molecule has 0 aromatic carbocycles. The summed E-state index contributed by atoms with van der Waals surface area (Å²) in [5.74, 6) is 0. The van der Waals surface area contributed by atoms with Crippen LogP contribution < -0.4 is 5.50 Å². The number of hydrogen-bond donors (Lipinski definition) is 3. The lowest BCUT2D eigenvalue weighted by Crippen LogP contribution is -2.00. The van der Waals surface area contributed by atoms with E-state index in [0.29, 0.717) is 6.42 Å². The zero-order chi connectivity index (χ0) is 9.83. The molecule has 2 atom stereocenters. The van der Waals surface area contributed by atoms with Crippen LogP contribution in [0.25, 0.3) is 0 Å². The van der Waals surface area contributed by atoms with Gasteiger partial charge in [0.1, 0.15) is 0 Å². The van der Waals surface area contributed by atoms with Crippen molar-refractivity contribution >= 4 is 15.6 Å². The van der Waals surface area contributed by atoms with Gasteiger partial charge in [0.2, 0.25) is 0 Å². The largest absolute Gasteiger partial charge is 0.480 e. The van der Waals surface area contributed by atoms with Crippen LogP contribution in [-0.2, 0) is 18.0 Å². The first-order valence-electron chi connectivity index (χ1n) is 3.07. The van der Waals surface area contributed by atoms with Gasteiger partial charge in [-0.2, -0.15) is 4.31 Å². The smallest absolute Gasteiger partial charge is 0.312 e. The molecule has 4 N–H and O–H groups in total. The van der Waals surface area contributed by atoms with E-state index in [1.165, 1.54) is 0 Å². The molecule has 0 rings (SSSR count). The Bertz CT molecular complexity index is 223. The molecule has 0 bridgehead atoms. The molecule has 9 heteroatoms. The average Bonchev–Trinajstić information content (AvgIpc) is 1.78. The second-order valence-corrected chi connectivity index (χ2v) is 4.92. The minimum absolute atomic E-state index is 0.0478. The molecule has 12 heavy (non-hydrogen) atoms. The molecule has 0 aliphatic carbocycles. The molecule has 0 aromatic rings. The first kappa shape index (κ1) is 12.3. The zero-order valence-electron chi connectivity index (χ0n) is 6.41. The summed E-state index contributed by atoms with van der Waals surface area (Å²) in [5.41, 5.74) is 4.47. The minimum Gasteiger partial charge on any atom is -0.312 e. The predicted octanol–water partition coefficient (Wildman–Crippen LogP) is 0.589. The lowest BCUT2D eigenvalue weighted by molar-refractivity contribution is 0.196. The van der Waals surface area contributed by atoms with Crippen molar-refractivity contribution in [1.82, 2.24) is 0 Å². The summed E-state index contributed by atoms with van der Waals surface area (Å²) in [6.45, 7) is 1.65. The van der Waals surface area contributed by atoms with Crippen LogP contribution in [0.3, 0.4) is 0 Å². The van der Waals surface area contributed by atoms with Crippen LogP contribution in [-0.4, -0.2) is 16.4 Å². The molecular formula is C3H11NO6P2. The SMILES string of the molecule is CCCOP(=O)(O)OP(N)(=O)O. The molecule has 0 fully saturated rings. The highest BCUT2D eigenvalue weighted by Gasteiger charge is 2.30. The van der Waals surface area contributed by atoms with Gasteiger partial charge in [0.25, 0.3) is 0 Å². The van der Waals surface area contributed by atoms with Crippen LogP contribution in [0.5, 0.6) is 0 Å². The minimum atomic E-state index is -4.47. The number of phosphoric ester groups is 1. The summed E-state index contributed by atoms with van der Waals surface area (Å²) in [4.78, 5) is 17.0. The first-order chi connectivity index (χ1) is 5.27. The van der Waals surface area contributed by atoms with Crippen LogP contribution in [0.4, 0.5) is 0 Å². The van der Waals surface area contributed by atoms with Gasteiger partial charge in [-0.05, 0) is 6.42 Å². The standard InChI is InChI=1S/C3H11NO6P2/c1-2-3-9-12(7,8)10-11(4,5)6/h2-3H2,1H3,(H,7,8)(H3,4,5,6). The molecule has 0 amide bonds. The maximum atomic E-state index is 10.7. The number of nitrogens with two attached hydrogens (primary N) is 1. The van der Waals surface area contributed by atoms with Crippen molar-refractivity contribution in [2.24, 2.45) is 5.50 Å². The van der Waals surface area contributed by atoms with E-state index in [4.69, 9.17) is 9.79 Å². The van der Waals surface area contributed by atoms with Crippen LogP contribution in [0.2, 0.25) is 0 Å². The van der Waals surface area contributed by atoms with Crippen molar-refractivity contribution in [3.05, 3.63) is 0 Å². The van der Waals surface area contributed by atoms with Gasteiger partial charge in [-0.15, -0.1) is 0 Å². The molecule has 0 aliphatic heterocycles. The second-order valence-electron chi connectivity index (χ2n) is 1.95. The highest BCUT2D eigenvalue weighted by molar-refractivity contribution is 7.62. The molecule has 0 aliphatic rings. The molecule has 0 radical (unpaired) electrons. The number of hydrogen-bond acceptors (Lipinski definition) is 4. The van der Waals surface area contributed by atoms with E-state index >= 15 is 0 Å². The summed E-state index contributed by atoms with van der Waals surface area (Å²) in [6.07, 6.45) is 0.480. The van der Waals surface area contributed by atoms with E-state index in [1.54, 1.807) is 6.92 Å². The maximum Gasteiger partial charge on any atom is 0.480 e. The van der Waals surface area contributed by atoms with Gasteiger partial charge >= 0.3 is 15.6 Å². The quantitative estimate of drug-likeness (QED) is 0.578. The Hall–Kier alpha value is 0.260. The molecule has 0 spiro atoms. The van der Waals surface area contributed by atoms with Crippen molar-refractivity contribution < 1.29 is 27.8 Å². The average molecular weight is 219 g/mol. The molecule has 0 heterocycles. The Morgan fingerprint density at radius 1 is 1.42 bits per heavy atom. The normalized spacial score (nSPS) is 21.3. The molecule has 74 valence electrons. The van der Waals surface area contributed by atoms with Crippen LogP contribution >= 0.6 is 15.6 Å². The number of phosphoric acid groups is 1. The van der Waals surface area contributed by atoms with Crippen molar-refractivity contribution in [3.63, 3.8) is 0 Å². The summed E-state index contributed by atoms with van der Waals surface area (Å²) >= 11 is 0. The molecule has 0 saturated carbocycles. The van der Waals surface area contributed by atoms with Crippen LogP contribution in [0, 0.1) is 0 Å². The highest BCUT2D eigenvalue weighted by atomic mass is 31.3. The van der Waals surface area contributed by atoms with E-state index in [-0.39, 0.29) is 6.61 Å². The second kappa shape index (κ2) is 4.48. The van der Waals surface area contributed by atoms with Gasteiger partial charge in [-0.1, -0.05) is 6.92 Å². The third kappa shape index (κ3) is 6.94. The van der Waals surface area contributed by atoms with Crippen molar-refractivity contribution in [3.8, 4) is 0 Å². The van der Waals surface area contributed by atoms with Gasteiger partial charge in [0.05, 0.1) is 6.61 Å². The van der Waals surface area contributed by atoms with Gasteiger partial charge in [0, 0.05) is 0 Å². The molecule has 0 saturated heterocycles. The summed E-state index contributed by atoms with van der Waals surface area (Å²) in [7, 11) is -8.93. The molecule has 7 nitrogen and oxygen atoms in total. The van der Waals surface area contributed by atoms with Crippen molar-refractivity contribution in [2.45, 2.75) is 13.3 Å². The Balaban J connectivity index is 4.05. The fraction of sp³-hybridized carbons (Fsp3) is 1.00. The summed E-state index contributed by atoms with van der Waals surface area (Å²) in [6, 6.07) is 0. The van der Waals surface area contributed by atoms with Crippen LogP contribution in [0.1, 0.15) is 13.3 Å². The Kier molecular flexibility index (Phi) is 4.58. The van der Waals surface area contributed by atoms with Crippen LogP contribution in [0.15, 0.2) is 0 Å². The van der Waals surface area contributed by atoms with E-state index in [1.807, 2.05) is 0 Å². The third-order valence-corrected chi connectivity index (χ3v) is 2.95. The summed E-state index contributed by atoms with van der Waals surface area (Å²) in [5, 5.41) is 0. The van der Waals surface area contributed by atoms with Gasteiger partial charge in [0.15, 0.2) is 0 Å². The molecule has 2 unspecified atom stereocenters. The fourth-order valence-corrected chi connectivity index (χ4v) is 2.16. The Morgan fingerprint density at radius 3 is 2.25 bits per heavy atom. The molecular weight excluding hydrogens is 208 g/mol. The van der Waals surface area contributed by atoms with Gasteiger partial charge < -0.3 is 9.79 Å². The lowest BCUT2D eigenvalue weighted by atomic mass is 10.5. The van der Waals surface area contributed by atoms with Crippen molar-refractivity contribution in [1.29, 1.82) is 0 Å². The first-order valence-corrected chi connectivity index (χ1v) is 6.21. The summed E-state index contributed by atoms with van der Waals surface area (Å²) < 4.78 is 28.9. The van der Waals surface area contributed by atoms with E-state index in [9.17, 15) is 9.13 Å². The zero-order valence-corrected chi connectivity index (χ0v) is 8.20. The molecule has 0 aromatic heterocycles. The van der Waals surface area contributed by atoms with Gasteiger partial charge in [-0.25, -0.2) is 14.6 Å². The van der Waals surface area contributed by atoms with E-state index in [0.717, 1.165) is 0 Å². The van der Waals surface area contributed by atoms with E-state index < -0.39 is 15.6 Å². The fourth-order valence-electron chi connectivity index (χ4n) is 0.378. The predicted molar refractivity (Wildman–Crippen MR) is 41.2 cm³/mol. The topological polar surface area (TPSA) is 119 Å². The van der Waals surface area contributed by atoms with Gasteiger partial charge in [-0.3, -0.25) is 4.52 Å². The number of rotatable bonds is 5.